The van der Waals surface area contributed by atoms with Crippen LogP contribution in [0.4, 0.5) is 0 Å². The Balaban J connectivity index is 2.20. The van der Waals surface area contributed by atoms with Crippen LogP contribution >= 0.6 is 0 Å². The summed E-state index contributed by atoms with van der Waals surface area (Å²) in [7, 11) is 0. The lowest BCUT2D eigenvalue weighted by atomic mass is 9.80. The van der Waals surface area contributed by atoms with E-state index in [0.717, 1.165) is 18.4 Å². The third-order valence-electron chi connectivity index (χ3n) is 3.50. The molecule has 0 amide bonds. The SMILES string of the molecule is CC(CC(=O)O)NCC1CCCCC1C. The standard InChI is InChI=1S/C12H23NO2/c1-9-5-3-4-6-11(9)8-13-10(2)7-12(14)15/h9-11,13H,3-8H2,1-2H3,(H,14,15). The van der Waals surface area contributed by atoms with Gasteiger partial charge in [0.25, 0.3) is 0 Å². The molecule has 0 bridgehead atoms. The molecule has 0 aromatic carbocycles. The van der Waals surface area contributed by atoms with Gasteiger partial charge in [0, 0.05) is 6.04 Å². The van der Waals surface area contributed by atoms with Gasteiger partial charge in [0.15, 0.2) is 0 Å². The van der Waals surface area contributed by atoms with Gasteiger partial charge in [0.2, 0.25) is 0 Å². The molecule has 1 aliphatic carbocycles. The maximum absolute atomic E-state index is 10.5. The second kappa shape index (κ2) is 6.11. The van der Waals surface area contributed by atoms with Crippen molar-refractivity contribution in [3.05, 3.63) is 0 Å². The van der Waals surface area contributed by atoms with Crippen LogP contribution in [0.2, 0.25) is 0 Å². The molecular weight excluding hydrogens is 190 g/mol. The average molecular weight is 213 g/mol. The number of nitrogens with one attached hydrogen (secondary N) is 1. The van der Waals surface area contributed by atoms with Crippen LogP contribution in [0.5, 0.6) is 0 Å². The monoisotopic (exact) mass is 213 g/mol. The van der Waals surface area contributed by atoms with Gasteiger partial charge in [-0.3, -0.25) is 4.79 Å². The highest BCUT2D eigenvalue weighted by Gasteiger charge is 2.21. The van der Waals surface area contributed by atoms with Gasteiger partial charge < -0.3 is 10.4 Å². The maximum Gasteiger partial charge on any atom is 0.304 e. The van der Waals surface area contributed by atoms with E-state index in [1.807, 2.05) is 6.92 Å². The summed E-state index contributed by atoms with van der Waals surface area (Å²) in [5.41, 5.74) is 0. The molecule has 0 aliphatic heterocycles. The minimum Gasteiger partial charge on any atom is -0.481 e. The van der Waals surface area contributed by atoms with Crippen LogP contribution in [-0.2, 0) is 4.79 Å². The molecule has 1 fully saturated rings. The highest BCUT2D eigenvalue weighted by atomic mass is 16.4. The second-order valence-corrected chi connectivity index (χ2v) is 4.93. The van der Waals surface area contributed by atoms with Crippen molar-refractivity contribution in [3.63, 3.8) is 0 Å². The molecule has 1 rings (SSSR count). The molecule has 1 aliphatic rings. The number of hydrogen-bond donors (Lipinski definition) is 2. The molecule has 0 aromatic rings. The average Bonchev–Trinajstić information content (AvgIpc) is 2.15. The first-order valence-corrected chi connectivity index (χ1v) is 6.04. The molecule has 0 heterocycles. The summed E-state index contributed by atoms with van der Waals surface area (Å²) in [5.74, 6) is 0.824. The lowest BCUT2D eigenvalue weighted by molar-refractivity contribution is -0.137. The molecule has 0 spiro atoms. The highest BCUT2D eigenvalue weighted by molar-refractivity contribution is 5.67. The fourth-order valence-corrected chi connectivity index (χ4v) is 2.38. The Morgan fingerprint density at radius 2 is 2.13 bits per heavy atom. The summed E-state index contributed by atoms with van der Waals surface area (Å²) in [5, 5.41) is 12.0. The summed E-state index contributed by atoms with van der Waals surface area (Å²) in [6, 6.07) is 0.0941. The number of aliphatic carboxylic acids is 1. The summed E-state index contributed by atoms with van der Waals surface area (Å²) < 4.78 is 0. The molecule has 2 N–H and O–H groups in total. The van der Waals surface area contributed by atoms with Crippen LogP contribution in [0, 0.1) is 11.8 Å². The molecule has 3 atom stereocenters. The first-order chi connectivity index (χ1) is 7.09. The minimum atomic E-state index is -0.716. The van der Waals surface area contributed by atoms with Gasteiger partial charge in [0.1, 0.15) is 0 Å². The van der Waals surface area contributed by atoms with Crippen LogP contribution in [0.1, 0.15) is 46.0 Å². The van der Waals surface area contributed by atoms with E-state index in [1.54, 1.807) is 0 Å². The van der Waals surface area contributed by atoms with Crippen molar-refractivity contribution in [2.24, 2.45) is 11.8 Å². The molecular formula is C12H23NO2. The number of carboxylic acids is 1. The summed E-state index contributed by atoms with van der Waals surface area (Å²) in [6.45, 7) is 5.24. The lowest BCUT2D eigenvalue weighted by Crippen LogP contribution is -2.35. The number of carbonyl (C=O) groups is 1. The summed E-state index contributed by atoms with van der Waals surface area (Å²) in [4.78, 5) is 10.5. The van der Waals surface area contributed by atoms with Crippen molar-refractivity contribution in [2.45, 2.75) is 52.0 Å². The number of carboxylic acid groups (broad SMARTS) is 1. The van der Waals surface area contributed by atoms with Crippen LogP contribution in [0.15, 0.2) is 0 Å². The van der Waals surface area contributed by atoms with Crippen LogP contribution in [0.3, 0.4) is 0 Å². The zero-order valence-electron chi connectivity index (χ0n) is 9.83. The molecule has 1 saturated carbocycles. The van der Waals surface area contributed by atoms with Crippen LogP contribution in [-0.4, -0.2) is 23.7 Å². The predicted molar refractivity (Wildman–Crippen MR) is 60.8 cm³/mol. The van der Waals surface area contributed by atoms with Gasteiger partial charge in [-0.05, 0) is 31.7 Å². The zero-order chi connectivity index (χ0) is 11.3. The third kappa shape index (κ3) is 4.65. The van der Waals surface area contributed by atoms with Gasteiger partial charge in [-0.2, -0.15) is 0 Å². The Morgan fingerprint density at radius 1 is 1.47 bits per heavy atom. The Kier molecular flexibility index (Phi) is 5.09. The first kappa shape index (κ1) is 12.5. The van der Waals surface area contributed by atoms with E-state index in [0.29, 0.717) is 0 Å². The van der Waals surface area contributed by atoms with Crippen molar-refractivity contribution in [1.82, 2.24) is 5.32 Å². The van der Waals surface area contributed by atoms with Crippen LogP contribution in [0.25, 0.3) is 0 Å². The summed E-state index contributed by atoms with van der Waals surface area (Å²) in [6.07, 6.45) is 5.56. The van der Waals surface area contributed by atoms with E-state index in [-0.39, 0.29) is 12.5 Å². The minimum absolute atomic E-state index is 0.0941. The second-order valence-electron chi connectivity index (χ2n) is 4.93. The fraction of sp³-hybridized carbons (Fsp3) is 0.917. The number of rotatable bonds is 5. The molecule has 0 radical (unpaired) electrons. The van der Waals surface area contributed by atoms with Crippen molar-refractivity contribution < 1.29 is 9.90 Å². The topological polar surface area (TPSA) is 49.3 Å². The largest absolute Gasteiger partial charge is 0.481 e. The van der Waals surface area contributed by atoms with E-state index < -0.39 is 5.97 Å². The first-order valence-electron chi connectivity index (χ1n) is 6.04. The van der Waals surface area contributed by atoms with Crippen molar-refractivity contribution in [3.8, 4) is 0 Å². The Hall–Kier alpha value is -0.570. The van der Waals surface area contributed by atoms with Crippen molar-refractivity contribution in [1.29, 1.82) is 0 Å². The van der Waals surface area contributed by atoms with Crippen molar-refractivity contribution >= 4 is 5.97 Å². The van der Waals surface area contributed by atoms with Gasteiger partial charge in [-0.15, -0.1) is 0 Å². The molecule has 15 heavy (non-hydrogen) atoms. The zero-order valence-corrected chi connectivity index (χ0v) is 9.83. The Morgan fingerprint density at radius 3 is 2.73 bits per heavy atom. The highest BCUT2D eigenvalue weighted by Crippen LogP contribution is 2.28. The smallest absolute Gasteiger partial charge is 0.304 e. The molecule has 88 valence electrons. The van der Waals surface area contributed by atoms with E-state index in [1.165, 1.54) is 25.7 Å². The van der Waals surface area contributed by atoms with Gasteiger partial charge in [-0.25, -0.2) is 0 Å². The van der Waals surface area contributed by atoms with Crippen molar-refractivity contribution in [2.75, 3.05) is 6.54 Å². The normalized spacial score (nSPS) is 28.7. The molecule has 0 saturated heterocycles. The van der Waals surface area contributed by atoms with E-state index >= 15 is 0 Å². The van der Waals surface area contributed by atoms with E-state index in [9.17, 15) is 4.79 Å². The molecule has 0 aromatic heterocycles. The Labute approximate surface area is 92.3 Å². The molecule has 3 unspecified atom stereocenters. The van der Waals surface area contributed by atoms with E-state index in [2.05, 4.69) is 12.2 Å². The Bertz CT molecular complexity index is 206. The van der Waals surface area contributed by atoms with Gasteiger partial charge in [-0.1, -0.05) is 26.2 Å². The fourth-order valence-electron chi connectivity index (χ4n) is 2.38. The van der Waals surface area contributed by atoms with Gasteiger partial charge >= 0.3 is 5.97 Å². The van der Waals surface area contributed by atoms with E-state index in [4.69, 9.17) is 5.11 Å². The lowest BCUT2D eigenvalue weighted by Gasteiger charge is -2.29. The molecule has 3 nitrogen and oxygen atoms in total. The third-order valence-corrected chi connectivity index (χ3v) is 3.50. The molecule has 3 heteroatoms. The van der Waals surface area contributed by atoms with Crippen LogP contribution < -0.4 is 5.32 Å². The summed E-state index contributed by atoms with van der Waals surface area (Å²) >= 11 is 0. The maximum atomic E-state index is 10.5. The predicted octanol–water partition coefficient (Wildman–Crippen LogP) is 2.27. The quantitative estimate of drug-likeness (QED) is 0.736. The number of hydrogen-bond acceptors (Lipinski definition) is 2. The van der Waals surface area contributed by atoms with Gasteiger partial charge in [0.05, 0.1) is 6.42 Å².